The zero-order valence-corrected chi connectivity index (χ0v) is 15.2. The number of para-hydroxylation sites is 1. The Balaban J connectivity index is 1.69. The van der Waals surface area contributed by atoms with Gasteiger partial charge in [-0.3, -0.25) is 15.5 Å². The number of hydrogen-bond acceptors (Lipinski definition) is 6. The van der Waals surface area contributed by atoms with E-state index >= 15 is 0 Å². The molecule has 7 nitrogen and oxygen atoms in total. The van der Waals surface area contributed by atoms with Gasteiger partial charge in [-0.2, -0.15) is 5.10 Å². The first-order valence-corrected chi connectivity index (χ1v) is 8.51. The number of hydrazone groups is 1. The van der Waals surface area contributed by atoms with Crippen molar-refractivity contribution in [2.45, 2.75) is 0 Å². The fourth-order valence-corrected chi connectivity index (χ4v) is 2.38. The van der Waals surface area contributed by atoms with Crippen molar-refractivity contribution in [1.29, 1.82) is 0 Å². The predicted molar refractivity (Wildman–Crippen MR) is 107 cm³/mol. The van der Waals surface area contributed by atoms with Crippen LogP contribution in [-0.2, 0) is 0 Å². The quantitative estimate of drug-likeness (QED) is 0.210. The highest BCUT2D eigenvalue weighted by Gasteiger charge is 2.10. The summed E-state index contributed by atoms with van der Waals surface area (Å²) in [5.41, 5.74) is 4.30. The number of esters is 1. The normalized spacial score (nSPS) is 10.6. The molecule has 0 unspecified atom stereocenters. The Morgan fingerprint density at radius 1 is 1.04 bits per heavy atom. The van der Waals surface area contributed by atoms with E-state index in [-0.39, 0.29) is 5.69 Å². The fourth-order valence-electron chi connectivity index (χ4n) is 2.26. The Morgan fingerprint density at radius 3 is 2.39 bits per heavy atom. The molecule has 0 fully saturated rings. The Morgan fingerprint density at radius 2 is 1.71 bits per heavy atom. The summed E-state index contributed by atoms with van der Waals surface area (Å²) < 4.78 is 5.44. The maximum Gasteiger partial charge on any atom is 0.343 e. The van der Waals surface area contributed by atoms with Crippen LogP contribution in [-0.4, -0.2) is 17.1 Å². The number of non-ortho nitro benzene ring substituents is 1. The highest BCUT2D eigenvalue weighted by Crippen LogP contribution is 2.19. The van der Waals surface area contributed by atoms with Crippen LogP contribution < -0.4 is 10.2 Å². The second-order valence-electron chi connectivity index (χ2n) is 5.61. The summed E-state index contributed by atoms with van der Waals surface area (Å²) in [5, 5.41) is 15.3. The number of carbonyl (C=O) groups excluding carboxylic acids is 1. The van der Waals surface area contributed by atoms with Crippen LogP contribution in [0.2, 0.25) is 5.02 Å². The lowest BCUT2D eigenvalue weighted by Crippen LogP contribution is -2.09. The average Bonchev–Trinajstić information content (AvgIpc) is 2.70. The van der Waals surface area contributed by atoms with Gasteiger partial charge in [-0.05, 0) is 48.5 Å². The minimum Gasteiger partial charge on any atom is -0.422 e. The van der Waals surface area contributed by atoms with Crippen LogP contribution in [0.3, 0.4) is 0 Å². The van der Waals surface area contributed by atoms with Crippen LogP contribution in [0, 0.1) is 10.1 Å². The van der Waals surface area contributed by atoms with Gasteiger partial charge in [0.25, 0.3) is 5.69 Å². The first kappa shape index (κ1) is 19.1. The minimum absolute atomic E-state index is 0.00557. The third-order valence-electron chi connectivity index (χ3n) is 3.68. The third kappa shape index (κ3) is 4.93. The lowest BCUT2D eigenvalue weighted by Gasteiger charge is -2.07. The lowest BCUT2D eigenvalue weighted by molar-refractivity contribution is -0.384. The number of nitro groups is 1. The van der Waals surface area contributed by atoms with E-state index in [4.69, 9.17) is 16.3 Å². The predicted octanol–water partition coefficient (Wildman–Crippen LogP) is 4.91. The smallest absolute Gasteiger partial charge is 0.343 e. The summed E-state index contributed by atoms with van der Waals surface area (Å²) in [4.78, 5) is 22.5. The summed E-state index contributed by atoms with van der Waals surface area (Å²) in [5.74, 6) is -0.169. The van der Waals surface area contributed by atoms with Crippen molar-refractivity contribution >= 4 is 35.2 Å². The second kappa shape index (κ2) is 8.79. The number of nitro benzene ring substituents is 1. The van der Waals surface area contributed by atoms with Gasteiger partial charge in [0, 0.05) is 22.7 Å². The molecule has 0 saturated heterocycles. The minimum atomic E-state index is -0.513. The summed E-state index contributed by atoms with van der Waals surface area (Å²) in [6, 6.07) is 19.1. The molecule has 0 radical (unpaired) electrons. The molecule has 0 amide bonds. The Bertz CT molecular complexity index is 1020. The van der Waals surface area contributed by atoms with Crippen molar-refractivity contribution in [1.82, 2.24) is 0 Å². The van der Waals surface area contributed by atoms with E-state index in [1.165, 1.54) is 18.3 Å². The monoisotopic (exact) mass is 395 g/mol. The number of benzene rings is 3. The molecule has 3 aromatic rings. The number of hydrogen-bond donors (Lipinski definition) is 1. The number of nitrogens with one attached hydrogen (secondary N) is 1. The fraction of sp³-hybridized carbons (Fsp3) is 0. The van der Waals surface area contributed by atoms with Crippen LogP contribution in [0.4, 0.5) is 11.4 Å². The van der Waals surface area contributed by atoms with Gasteiger partial charge in [-0.1, -0.05) is 23.7 Å². The van der Waals surface area contributed by atoms with E-state index in [0.717, 1.165) is 0 Å². The number of ether oxygens (including phenoxy) is 1. The van der Waals surface area contributed by atoms with Gasteiger partial charge in [0.15, 0.2) is 0 Å². The molecule has 0 spiro atoms. The van der Waals surface area contributed by atoms with Gasteiger partial charge in [0.05, 0.1) is 22.4 Å². The van der Waals surface area contributed by atoms with Crippen molar-refractivity contribution in [2.24, 2.45) is 5.10 Å². The van der Waals surface area contributed by atoms with Gasteiger partial charge in [0.2, 0.25) is 0 Å². The molecule has 0 heterocycles. The Labute approximate surface area is 165 Å². The molecule has 0 bridgehead atoms. The molecule has 1 N–H and O–H groups in total. The van der Waals surface area contributed by atoms with Crippen molar-refractivity contribution in [3.63, 3.8) is 0 Å². The van der Waals surface area contributed by atoms with E-state index in [9.17, 15) is 14.9 Å². The van der Waals surface area contributed by atoms with Crippen molar-refractivity contribution in [2.75, 3.05) is 5.43 Å². The molecule has 0 aliphatic carbocycles. The lowest BCUT2D eigenvalue weighted by atomic mass is 10.2. The number of anilines is 1. The standard InChI is InChI=1S/C20H14ClN3O4/c21-16-7-5-14(6-8-16)20(25)28-19-4-2-1-3-15(19)13-22-23-17-9-11-18(12-10-17)24(26)27/h1-13,23H/b22-13+. The maximum atomic E-state index is 12.3. The van der Waals surface area contributed by atoms with Crippen molar-refractivity contribution in [3.05, 3.63) is 99.1 Å². The van der Waals surface area contributed by atoms with E-state index in [2.05, 4.69) is 10.5 Å². The van der Waals surface area contributed by atoms with E-state index in [0.29, 0.717) is 27.6 Å². The SMILES string of the molecule is O=C(Oc1ccccc1/C=N/Nc1ccc([N+](=O)[O-])cc1)c1ccc(Cl)cc1. The highest BCUT2D eigenvalue weighted by atomic mass is 35.5. The Hall–Kier alpha value is -3.71. The molecule has 0 aliphatic heterocycles. The van der Waals surface area contributed by atoms with Crippen LogP contribution in [0.5, 0.6) is 5.75 Å². The van der Waals surface area contributed by atoms with Gasteiger partial charge < -0.3 is 4.74 Å². The topological polar surface area (TPSA) is 93.8 Å². The molecule has 0 aromatic heterocycles. The summed E-state index contributed by atoms with van der Waals surface area (Å²) in [7, 11) is 0. The molecule has 0 atom stereocenters. The van der Waals surface area contributed by atoms with E-state index in [1.54, 1.807) is 60.7 Å². The number of nitrogens with zero attached hydrogens (tertiary/aromatic N) is 2. The summed E-state index contributed by atoms with van der Waals surface area (Å²) in [6.45, 7) is 0. The molecule has 8 heteroatoms. The number of rotatable bonds is 6. The molecular weight excluding hydrogens is 382 g/mol. The molecule has 140 valence electrons. The van der Waals surface area contributed by atoms with Gasteiger partial charge in [-0.15, -0.1) is 0 Å². The van der Waals surface area contributed by atoms with Crippen molar-refractivity contribution in [3.8, 4) is 5.75 Å². The molecule has 0 aliphatic rings. The summed E-state index contributed by atoms with van der Waals surface area (Å²) in [6.07, 6.45) is 1.49. The zero-order valence-electron chi connectivity index (χ0n) is 14.4. The second-order valence-corrected chi connectivity index (χ2v) is 6.04. The van der Waals surface area contributed by atoms with Crippen LogP contribution in [0.15, 0.2) is 77.9 Å². The third-order valence-corrected chi connectivity index (χ3v) is 3.93. The largest absolute Gasteiger partial charge is 0.422 e. The Kier molecular flexibility index (Phi) is 5.98. The molecular formula is C20H14ClN3O4. The first-order chi connectivity index (χ1) is 13.5. The van der Waals surface area contributed by atoms with Gasteiger partial charge >= 0.3 is 5.97 Å². The molecule has 3 rings (SSSR count). The van der Waals surface area contributed by atoms with Crippen LogP contribution in [0.1, 0.15) is 15.9 Å². The van der Waals surface area contributed by atoms with E-state index in [1.807, 2.05) is 0 Å². The average molecular weight is 396 g/mol. The highest BCUT2D eigenvalue weighted by molar-refractivity contribution is 6.30. The molecule has 3 aromatic carbocycles. The zero-order chi connectivity index (χ0) is 19.9. The van der Waals surface area contributed by atoms with E-state index < -0.39 is 10.9 Å². The van der Waals surface area contributed by atoms with Gasteiger partial charge in [0.1, 0.15) is 5.75 Å². The number of halogens is 1. The molecule has 28 heavy (non-hydrogen) atoms. The summed E-state index contributed by atoms with van der Waals surface area (Å²) >= 11 is 5.82. The first-order valence-electron chi connectivity index (χ1n) is 8.13. The molecule has 0 saturated carbocycles. The maximum absolute atomic E-state index is 12.3. The number of carbonyl (C=O) groups is 1. The van der Waals surface area contributed by atoms with Crippen LogP contribution >= 0.6 is 11.6 Å². The van der Waals surface area contributed by atoms with Crippen LogP contribution in [0.25, 0.3) is 0 Å². The van der Waals surface area contributed by atoms with Gasteiger partial charge in [-0.25, -0.2) is 4.79 Å². The van der Waals surface area contributed by atoms with Crippen molar-refractivity contribution < 1.29 is 14.5 Å².